The zero-order valence-electron chi connectivity index (χ0n) is 19.5. The van der Waals surface area contributed by atoms with Crippen LogP contribution >= 0.6 is 27.7 Å². The first kappa shape index (κ1) is 23.0. The van der Waals surface area contributed by atoms with Crippen molar-refractivity contribution >= 4 is 44.7 Å². The van der Waals surface area contributed by atoms with Crippen LogP contribution in [0.15, 0.2) is 81.2 Å². The summed E-state index contributed by atoms with van der Waals surface area (Å²) in [5.41, 5.74) is 3.84. The van der Waals surface area contributed by atoms with Crippen LogP contribution in [0, 0.1) is 0 Å². The maximum Gasteiger partial charge on any atom is 0.314 e. The molecule has 6 rings (SSSR count). The van der Waals surface area contributed by atoms with Gasteiger partial charge in [-0.05, 0) is 83.6 Å². The van der Waals surface area contributed by atoms with Crippen molar-refractivity contribution in [3.63, 3.8) is 0 Å². The minimum Gasteiger partial charge on any atom is -0.497 e. The van der Waals surface area contributed by atoms with Gasteiger partial charge in [-0.1, -0.05) is 28.1 Å². The summed E-state index contributed by atoms with van der Waals surface area (Å²) in [4.78, 5) is 13.5. The third-order valence-electron chi connectivity index (χ3n) is 6.47. The van der Waals surface area contributed by atoms with Gasteiger partial charge < -0.3 is 14.2 Å². The van der Waals surface area contributed by atoms with E-state index in [1.165, 1.54) is 0 Å². The lowest BCUT2D eigenvalue weighted by molar-refractivity contribution is -0.0949. The van der Waals surface area contributed by atoms with Gasteiger partial charge in [0.25, 0.3) is 5.24 Å². The molecule has 0 bridgehead atoms. The number of amides is 1. The van der Waals surface area contributed by atoms with E-state index in [1.807, 2.05) is 71.7 Å². The molecule has 3 aliphatic rings. The number of hydrogen-bond donors (Lipinski definition) is 1. The van der Waals surface area contributed by atoms with Crippen molar-refractivity contribution in [1.29, 1.82) is 0 Å². The van der Waals surface area contributed by atoms with Crippen molar-refractivity contribution in [3.05, 3.63) is 92.8 Å². The van der Waals surface area contributed by atoms with Gasteiger partial charge >= 0.3 is 5.85 Å². The zero-order chi connectivity index (χ0) is 24.9. The van der Waals surface area contributed by atoms with Crippen LogP contribution in [-0.4, -0.2) is 36.0 Å². The first-order valence-electron chi connectivity index (χ1n) is 11.3. The Morgan fingerprint density at radius 2 is 1.78 bits per heavy atom. The van der Waals surface area contributed by atoms with Crippen LogP contribution in [0.4, 0.5) is 4.79 Å². The monoisotopic (exact) mass is 563 g/mol. The molecule has 2 unspecified atom stereocenters. The third kappa shape index (κ3) is 3.83. The molecule has 1 fully saturated rings. The topological polar surface area (TPSA) is 72.4 Å². The molecule has 9 heteroatoms. The lowest BCUT2D eigenvalue weighted by atomic mass is 9.95. The number of nitrogens with zero attached hydrogens (tertiary/aromatic N) is 2. The number of fused-ring (bicyclic) bond motifs is 4. The van der Waals surface area contributed by atoms with E-state index in [2.05, 4.69) is 27.3 Å². The molecule has 3 aliphatic heterocycles. The van der Waals surface area contributed by atoms with Gasteiger partial charge in [0.05, 0.1) is 30.9 Å². The van der Waals surface area contributed by atoms with Crippen molar-refractivity contribution in [2.75, 3.05) is 14.2 Å². The molecular weight excluding hydrogens is 542 g/mol. The average Bonchev–Trinajstić information content (AvgIpc) is 3.48. The largest absolute Gasteiger partial charge is 0.497 e. The molecule has 1 spiro atoms. The summed E-state index contributed by atoms with van der Waals surface area (Å²) in [5.74, 6) is 1.02. The SMILES string of the molecule is COc1ccc(/C=C2\SC(=O)NC23Oc2ccc(Br)cc2C2CC(c4ccc(OC)cc4)=NN23)cc1. The van der Waals surface area contributed by atoms with Crippen LogP contribution in [0.5, 0.6) is 17.2 Å². The number of methoxy groups -OCH3 is 2. The van der Waals surface area contributed by atoms with E-state index >= 15 is 0 Å². The Hall–Kier alpha value is -3.43. The van der Waals surface area contributed by atoms with Crippen LogP contribution in [0.3, 0.4) is 0 Å². The second-order valence-electron chi connectivity index (χ2n) is 8.56. The van der Waals surface area contributed by atoms with Gasteiger partial charge in [-0.25, -0.2) is 5.01 Å². The molecule has 3 aromatic rings. The minimum absolute atomic E-state index is 0.124. The molecular formula is C27H22BrN3O4S. The first-order valence-corrected chi connectivity index (χ1v) is 13.0. The molecule has 3 heterocycles. The van der Waals surface area contributed by atoms with Crippen molar-refractivity contribution in [2.24, 2.45) is 5.10 Å². The molecule has 3 aromatic carbocycles. The zero-order valence-corrected chi connectivity index (χ0v) is 21.9. The van der Waals surface area contributed by atoms with Gasteiger partial charge in [-0.2, -0.15) is 5.10 Å². The molecule has 36 heavy (non-hydrogen) atoms. The Morgan fingerprint density at radius 1 is 1.08 bits per heavy atom. The molecule has 182 valence electrons. The van der Waals surface area contributed by atoms with Crippen LogP contribution < -0.4 is 19.5 Å². The van der Waals surface area contributed by atoms with Crippen LogP contribution in [0.1, 0.15) is 29.2 Å². The lowest BCUT2D eigenvalue weighted by Gasteiger charge is -2.45. The van der Waals surface area contributed by atoms with Crippen LogP contribution in [0.25, 0.3) is 6.08 Å². The Labute approximate surface area is 221 Å². The van der Waals surface area contributed by atoms with Crippen molar-refractivity contribution in [3.8, 4) is 17.2 Å². The highest BCUT2D eigenvalue weighted by molar-refractivity contribution is 9.10. The second kappa shape index (κ2) is 8.90. The molecule has 2 atom stereocenters. The smallest absolute Gasteiger partial charge is 0.314 e. The van der Waals surface area contributed by atoms with Gasteiger partial charge in [0.2, 0.25) is 0 Å². The van der Waals surface area contributed by atoms with Crippen LogP contribution in [-0.2, 0) is 0 Å². The summed E-state index contributed by atoms with van der Waals surface area (Å²) >= 11 is 4.72. The van der Waals surface area contributed by atoms with Gasteiger partial charge in [0, 0.05) is 16.5 Å². The number of benzene rings is 3. The van der Waals surface area contributed by atoms with E-state index in [4.69, 9.17) is 19.3 Å². The second-order valence-corrected chi connectivity index (χ2v) is 10.5. The number of halogens is 1. The number of carbonyl (C=O) groups excluding carboxylic acids is 1. The number of nitrogens with one attached hydrogen (secondary N) is 1. The first-order chi connectivity index (χ1) is 17.5. The molecule has 0 aromatic heterocycles. The number of thioether (sulfide) groups is 1. The Morgan fingerprint density at radius 3 is 2.47 bits per heavy atom. The molecule has 0 aliphatic carbocycles. The molecule has 1 amide bonds. The number of ether oxygens (including phenoxy) is 3. The summed E-state index contributed by atoms with van der Waals surface area (Å²) in [6.07, 6.45) is 2.63. The predicted octanol–water partition coefficient (Wildman–Crippen LogP) is 6.16. The number of rotatable bonds is 4. The summed E-state index contributed by atoms with van der Waals surface area (Å²) < 4.78 is 18.2. The quantitative estimate of drug-likeness (QED) is 0.409. The Balaban J connectivity index is 1.47. The highest BCUT2D eigenvalue weighted by Gasteiger charge is 2.58. The maximum absolute atomic E-state index is 12.8. The molecule has 1 N–H and O–H groups in total. The number of carbonyl (C=O) groups is 1. The number of hydrogen-bond acceptors (Lipinski definition) is 7. The van der Waals surface area contributed by atoms with E-state index in [1.54, 1.807) is 14.2 Å². The lowest BCUT2D eigenvalue weighted by Crippen LogP contribution is -2.61. The average molecular weight is 564 g/mol. The molecule has 0 saturated carbocycles. The fraction of sp³-hybridized carbons (Fsp3) is 0.185. The molecule has 1 saturated heterocycles. The van der Waals surface area contributed by atoms with Gasteiger partial charge in [-0.15, -0.1) is 0 Å². The van der Waals surface area contributed by atoms with Crippen molar-refractivity contribution in [1.82, 2.24) is 10.3 Å². The van der Waals surface area contributed by atoms with E-state index in [0.29, 0.717) is 12.2 Å². The van der Waals surface area contributed by atoms with Crippen LogP contribution in [0.2, 0.25) is 0 Å². The van der Waals surface area contributed by atoms with Gasteiger partial charge in [0.15, 0.2) is 0 Å². The van der Waals surface area contributed by atoms with E-state index < -0.39 is 5.85 Å². The third-order valence-corrected chi connectivity index (χ3v) is 7.86. The minimum atomic E-state index is -1.25. The molecule has 0 radical (unpaired) electrons. The van der Waals surface area contributed by atoms with Gasteiger partial charge in [0.1, 0.15) is 17.2 Å². The standard InChI is InChI=1S/C27H22BrN3O4S/c1-33-19-8-3-16(4-9-19)13-25-27(29-26(32)36-25)31-23(21-14-18(28)7-12-24(21)35-27)15-22(30-31)17-5-10-20(34-2)11-6-17/h3-14,23H,15H2,1-2H3,(H,29,32)/b25-13-. The summed E-state index contributed by atoms with van der Waals surface area (Å²) in [7, 11) is 3.28. The highest BCUT2D eigenvalue weighted by atomic mass is 79.9. The van der Waals surface area contributed by atoms with E-state index in [-0.39, 0.29) is 11.3 Å². The van der Waals surface area contributed by atoms with E-state index in [9.17, 15) is 4.79 Å². The normalized spacial score (nSPS) is 23.1. The summed E-state index contributed by atoms with van der Waals surface area (Å²) in [6, 6.07) is 21.3. The Kier molecular flexibility index (Phi) is 5.69. The summed E-state index contributed by atoms with van der Waals surface area (Å²) in [5, 5.41) is 9.81. The van der Waals surface area contributed by atoms with Crippen molar-refractivity contribution in [2.45, 2.75) is 18.3 Å². The fourth-order valence-electron chi connectivity index (χ4n) is 4.70. The summed E-state index contributed by atoms with van der Waals surface area (Å²) in [6.45, 7) is 0. The number of hydrazone groups is 1. The molecule has 7 nitrogen and oxygen atoms in total. The van der Waals surface area contributed by atoms with E-state index in [0.717, 1.165) is 55.0 Å². The predicted molar refractivity (Wildman–Crippen MR) is 143 cm³/mol. The fourth-order valence-corrected chi connectivity index (χ4v) is 5.99. The Bertz CT molecular complexity index is 1410. The maximum atomic E-state index is 12.8. The highest BCUT2D eigenvalue weighted by Crippen LogP contribution is 2.53. The van der Waals surface area contributed by atoms with Crippen molar-refractivity contribution < 1.29 is 19.0 Å². The van der Waals surface area contributed by atoms with Gasteiger partial charge in [-0.3, -0.25) is 10.1 Å².